The molecule has 0 fully saturated rings. The van der Waals surface area contributed by atoms with E-state index in [-0.39, 0.29) is 0 Å². The zero-order chi connectivity index (χ0) is 17.4. The number of rotatable bonds is 7. The van der Waals surface area contributed by atoms with E-state index in [1.807, 2.05) is 24.0 Å². The Morgan fingerprint density at radius 2 is 2.17 bits per heavy atom. The molecule has 1 aromatic heterocycles. The molecule has 0 bridgehead atoms. The number of aliphatic imine (C=N–C) groups is 1. The van der Waals surface area contributed by atoms with Gasteiger partial charge in [0.2, 0.25) is 0 Å². The number of nitrogens with zero attached hydrogens (tertiary/aromatic N) is 3. The Morgan fingerprint density at radius 1 is 1.33 bits per heavy atom. The van der Waals surface area contributed by atoms with Gasteiger partial charge < -0.3 is 15.4 Å². The highest BCUT2D eigenvalue weighted by Crippen LogP contribution is 2.19. The van der Waals surface area contributed by atoms with Crippen LogP contribution < -0.4 is 15.4 Å². The minimum atomic E-state index is 0.672. The number of aromatic nitrogens is 2. The van der Waals surface area contributed by atoms with Crippen molar-refractivity contribution in [1.82, 2.24) is 20.4 Å². The van der Waals surface area contributed by atoms with E-state index >= 15 is 0 Å². The number of hydrogen-bond donors (Lipinski definition) is 2. The van der Waals surface area contributed by atoms with Crippen LogP contribution in [0.1, 0.15) is 23.1 Å². The SMILES string of the molecule is CN=C(NCCCc1cnn(C)c1)NCc1ccc(C)cc1OC. The second-order valence-corrected chi connectivity index (χ2v) is 5.79. The molecule has 2 rings (SSSR count). The molecule has 0 aliphatic heterocycles. The molecule has 0 aliphatic carbocycles. The second kappa shape index (κ2) is 8.96. The van der Waals surface area contributed by atoms with E-state index in [0.29, 0.717) is 6.54 Å². The van der Waals surface area contributed by atoms with Crippen molar-refractivity contribution >= 4 is 5.96 Å². The standard InChI is InChI=1S/C18H27N5O/c1-14-7-8-16(17(10-14)24-4)12-21-18(19-2)20-9-5-6-15-11-22-23(3)13-15/h7-8,10-11,13H,5-6,9,12H2,1-4H3,(H2,19,20,21). The first-order chi connectivity index (χ1) is 11.6. The van der Waals surface area contributed by atoms with Crippen molar-refractivity contribution in [2.45, 2.75) is 26.3 Å². The Balaban J connectivity index is 1.76. The van der Waals surface area contributed by atoms with E-state index in [9.17, 15) is 0 Å². The Kier molecular flexibility index (Phi) is 6.66. The van der Waals surface area contributed by atoms with Gasteiger partial charge in [-0.05, 0) is 37.0 Å². The molecule has 2 N–H and O–H groups in total. The Hall–Kier alpha value is -2.50. The van der Waals surface area contributed by atoms with Crippen LogP contribution in [0.4, 0.5) is 0 Å². The first-order valence-electron chi connectivity index (χ1n) is 8.18. The molecular weight excluding hydrogens is 302 g/mol. The minimum Gasteiger partial charge on any atom is -0.496 e. The third-order valence-corrected chi connectivity index (χ3v) is 3.81. The maximum absolute atomic E-state index is 5.43. The van der Waals surface area contributed by atoms with Crippen LogP contribution in [0.15, 0.2) is 35.6 Å². The molecule has 1 aromatic carbocycles. The molecule has 130 valence electrons. The topological polar surface area (TPSA) is 63.5 Å². The van der Waals surface area contributed by atoms with Crippen molar-refractivity contribution in [3.63, 3.8) is 0 Å². The smallest absolute Gasteiger partial charge is 0.191 e. The molecular formula is C18H27N5O. The molecule has 0 aliphatic rings. The highest BCUT2D eigenvalue weighted by atomic mass is 16.5. The summed E-state index contributed by atoms with van der Waals surface area (Å²) in [6, 6.07) is 6.21. The molecule has 0 amide bonds. The van der Waals surface area contributed by atoms with E-state index in [2.05, 4.69) is 46.0 Å². The maximum atomic E-state index is 5.43. The first-order valence-corrected chi connectivity index (χ1v) is 8.18. The zero-order valence-corrected chi connectivity index (χ0v) is 15.0. The van der Waals surface area contributed by atoms with E-state index in [4.69, 9.17) is 4.74 Å². The van der Waals surface area contributed by atoms with Gasteiger partial charge in [-0.25, -0.2) is 0 Å². The van der Waals surface area contributed by atoms with E-state index in [1.165, 1.54) is 11.1 Å². The Bertz CT molecular complexity index is 678. The van der Waals surface area contributed by atoms with Crippen LogP contribution in [0.2, 0.25) is 0 Å². The van der Waals surface area contributed by atoms with Crippen LogP contribution in [-0.2, 0) is 20.0 Å². The van der Waals surface area contributed by atoms with Crippen molar-refractivity contribution < 1.29 is 4.74 Å². The van der Waals surface area contributed by atoms with Gasteiger partial charge in [0.05, 0.1) is 13.3 Å². The fraction of sp³-hybridized carbons (Fsp3) is 0.444. The first kappa shape index (κ1) is 17.8. The summed E-state index contributed by atoms with van der Waals surface area (Å²) in [7, 11) is 5.42. The minimum absolute atomic E-state index is 0.672. The average molecular weight is 329 g/mol. The molecule has 0 spiro atoms. The summed E-state index contributed by atoms with van der Waals surface area (Å²) in [5.41, 5.74) is 3.56. The molecule has 6 nitrogen and oxygen atoms in total. The Morgan fingerprint density at radius 3 is 2.83 bits per heavy atom. The van der Waals surface area contributed by atoms with Crippen molar-refractivity contribution in [3.8, 4) is 5.75 Å². The highest BCUT2D eigenvalue weighted by molar-refractivity contribution is 5.79. The van der Waals surface area contributed by atoms with Gasteiger partial charge in [0.15, 0.2) is 5.96 Å². The van der Waals surface area contributed by atoms with Gasteiger partial charge in [-0.1, -0.05) is 12.1 Å². The van der Waals surface area contributed by atoms with Crippen LogP contribution in [0, 0.1) is 6.92 Å². The summed E-state index contributed by atoms with van der Waals surface area (Å²) in [6.45, 7) is 3.59. The van der Waals surface area contributed by atoms with Gasteiger partial charge in [-0.3, -0.25) is 9.67 Å². The number of benzene rings is 1. The predicted octanol–water partition coefficient (Wildman–Crippen LogP) is 2.03. The lowest BCUT2D eigenvalue weighted by Gasteiger charge is -2.14. The van der Waals surface area contributed by atoms with Gasteiger partial charge in [0.25, 0.3) is 0 Å². The van der Waals surface area contributed by atoms with E-state index in [1.54, 1.807) is 14.2 Å². The maximum Gasteiger partial charge on any atom is 0.191 e. The summed E-state index contributed by atoms with van der Waals surface area (Å²) < 4.78 is 7.26. The van der Waals surface area contributed by atoms with Crippen molar-refractivity contribution in [2.75, 3.05) is 20.7 Å². The number of guanidine groups is 1. The highest BCUT2D eigenvalue weighted by Gasteiger charge is 2.04. The largest absolute Gasteiger partial charge is 0.496 e. The van der Waals surface area contributed by atoms with Gasteiger partial charge in [-0.2, -0.15) is 5.10 Å². The monoisotopic (exact) mass is 329 g/mol. The van der Waals surface area contributed by atoms with E-state index < -0.39 is 0 Å². The lowest BCUT2D eigenvalue weighted by atomic mass is 10.1. The summed E-state index contributed by atoms with van der Waals surface area (Å²) in [5.74, 6) is 1.69. The molecule has 1 heterocycles. The third kappa shape index (κ3) is 5.30. The number of methoxy groups -OCH3 is 1. The van der Waals surface area contributed by atoms with Crippen LogP contribution in [0.25, 0.3) is 0 Å². The van der Waals surface area contributed by atoms with Crippen LogP contribution in [-0.4, -0.2) is 36.4 Å². The van der Waals surface area contributed by atoms with E-state index in [0.717, 1.165) is 36.7 Å². The summed E-state index contributed by atoms with van der Waals surface area (Å²) in [5, 5.41) is 10.8. The lowest BCUT2D eigenvalue weighted by molar-refractivity contribution is 0.408. The molecule has 2 aromatic rings. The molecule has 0 unspecified atom stereocenters. The molecule has 6 heteroatoms. The number of ether oxygens (including phenoxy) is 1. The number of nitrogens with one attached hydrogen (secondary N) is 2. The molecule has 24 heavy (non-hydrogen) atoms. The van der Waals surface area contributed by atoms with Gasteiger partial charge >= 0.3 is 0 Å². The van der Waals surface area contributed by atoms with Crippen molar-refractivity contribution in [3.05, 3.63) is 47.3 Å². The summed E-state index contributed by atoms with van der Waals surface area (Å²) in [4.78, 5) is 4.26. The normalized spacial score (nSPS) is 11.4. The lowest BCUT2D eigenvalue weighted by Crippen LogP contribution is -2.37. The Labute approximate surface area is 143 Å². The van der Waals surface area contributed by atoms with Gasteiger partial charge in [0, 0.05) is 38.9 Å². The second-order valence-electron chi connectivity index (χ2n) is 5.79. The predicted molar refractivity (Wildman–Crippen MR) is 97.5 cm³/mol. The molecule has 0 saturated carbocycles. The quantitative estimate of drug-likeness (QED) is 0.463. The van der Waals surface area contributed by atoms with Gasteiger partial charge in [0.1, 0.15) is 5.75 Å². The van der Waals surface area contributed by atoms with Gasteiger partial charge in [-0.15, -0.1) is 0 Å². The van der Waals surface area contributed by atoms with Crippen LogP contribution in [0.5, 0.6) is 5.75 Å². The van der Waals surface area contributed by atoms with Crippen LogP contribution in [0.3, 0.4) is 0 Å². The fourth-order valence-electron chi connectivity index (χ4n) is 2.50. The van der Waals surface area contributed by atoms with Crippen molar-refractivity contribution in [1.29, 1.82) is 0 Å². The number of aryl methyl sites for hydroxylation is 3. The molecule has 0 radical (unpaired) electrons. The summed E-state index contributed by atoms with van der Waals surface area (Å²) in [6.07, 6.45) is 6.00. The molecule has 0 saturated heterocycles. The number of hydrogen-bond acceptors (Lipinski definition) is 3. The molecule has 0 atom stereocenters. The average Bonchev–Trinajstić information content (AvgIpc) is 3.00. The third-order valence-electron chi connectivity index (χ3n) is 3.81. The van der Waals surface area contributed by atoms with Crippen LogP contribution >= 0.6 is 0 Å². The summed E-state index contributed by atoms with van der Waals surface area (Å²) >= 11 is 0. The zero-order valence-electron chi connectivity index (χ0n) is 15.0. The van der Waals surface area contributed by atoms with Crippen molar-refractivity contribution in [2.24, 2.45) is 12.0 Å². The fourth-order valence-corrected chi connectivity index (χ4v) is 2.50.